The second kappa shape index (κ2) is 5.84. The van der Waals surface area contributed by atoms with Crippen LogP contribution in [0, 0.1) is 17.2 Å². The average molecular weight is 224 g/mol. The molecule has 0 amide bonds. The zero-order chi connectivity index (χ0) is 11.3. The van der Waals surface area contributed by atoms with Gasteiger partial charge in [-0.25, -0.2) is 4.98 Å². The Hall–Kier alpha value is -0.920. The van der Waals surface area contributed by atoms with Gasteiger partial charge in [-0.3, -0.25) is 0 Å². The van der Waals surface area contributed by atoms with E-state index < -0.39 is 0 Å². The Balaban J connectivity index is 2.83. The van der Waals surface area contributed by atoms with E-state index in [1.165, 1.54) is 0 Å². The van der Waals surface area contributed by atoms with Crippen LogP contribution in [0.4, 0.5) is 0 Å². The molecule has 0 fully saturated rings. The van der Waals surface area contributed by atoms with E-state index in [-0.39, 0.29) is 0 Å². The van der Waals surface area contributed by atoms with E-state index in [0.717, 1.165) is 22.0 Å². The topological polar surface area (TPSA) is 45.9 Å². The molecule has 0 aliphatic carbocycles. The van der Waals surface area contributed by atoms with Gasteiger partial charge >= 0.3 is 0 Å². The van der Waals surface area contributed by atoms with Crippen molar-refractivity contribution in [3.8, 4) is 6.07 Å². The van der Waals surface area contributed by atoms with E-state index in [0.29, 0.717) is 18.9 Å². The second-order valence-electron chi connectivity index (χ2n) is 3.84. The van der Waals surface area contributed by atoms with Crippen LogP contribution in [0.15, 0.2) is 0 Å². The number of aromatic nitrogens is 1. The molecule has 0 radical (unpaired) electrons. The van der Waals surface area contributed by atoms with Gasteiger partial charge in [0, 0.05) is 18.4 Å². The van der Waals surface area contributed by atoms with Gasteiger partial charge in [-0.05, 0) is 5.92 Å². The monoisotopic (exact) mass is 224 g/mol. The first kappa shape index (κ1) is 12.2. The smallest absolute Gasteiger partial charge is 0.0935 e. The molecular formula is C11H16N2OS. The minimum Gasteiger partial charge on any atom is -0.378 e. The summed E-state index contributed by atoms with van der Waals surface area (Å²) in [6.45, 7) is 4.84. The number of rotatable bonds is 5. The molecule has 1 aromatic rings. The lowest BCUT2D eigenvalue weighted by molar-refractivity contribution is 0.181. The predicted octanol–water partition coefficient (Wildman–Crippen LogP) is 2.55. The standard InChI is InChI=1S/C11H16N2OS/c1-8(2)6-11-13-9(7-14-3)10(15-11)4-5-12/h8H,4,6-7H2,1-3H3. The maximum absolute atomic E-state index is 8.69. The number of hydrogen-bond donors (Lipinski definition) is 0. The summed E-state index contributed by atoms with van der Waals surface area (Å²) in [6, 6.07) is 2.16. The summed E-state index contributed by atoms with van der Waals surface area (Å²) in [7, 11) is 1.65. The normalized spacial score (nSPS) is 10.6. The molecule has 0 unspecified atom stereocenters. The Labute approximate surface area is 94.7 Å². The van der Waals surface area contributed by atoms with Gasteiger partial charge in [0.2, 0.25) is 0 Å². The molecule has 0 spiro atoms. The molecule has 15 heavy (non-hydrogen) atoms. The zero-order valence-electron chi connectivity index (χ0n) is 9.41. The average Bonchev–Trinajstić information content (AvgIpc) is 2.48. The molecule has 3 nitrogen and oxygen atoms in total. The predicted molar refractivity (Wildman–Crippen MR) is 60.7 cm³/mol. The molecule has 0 aliphatic heterocycles. The largest absolute Gasteiger partial charge is 0.378 e. The first-order valence-corrected chi connectivity index (χ1v) is 5.82. The molecule has 0 bridgehead atoms. The Bertz CT molecular complexity index is 352. The van der Waals surface area contributed by atoms with Gasteiger partial charge in [-0.15, -0.1) is 11.3 Å². The van der Waals surface area contributed by atoms with Crippen molar-refractivity contribution in [1.82, 2.24) is 4.98 Å². The lowest BCUT2D eigenvalue weighted by atomic mass is 10.1. The van der Waals surface area contributed by atoms with Gasteiger partial charge in [0.15, 0.2) is 0 Å². The lowest BCUT2D eigenvalue weighted by Gasteiger charge is -1.98. The summed E-state index contributed by atoms with van der Waals surface area (Å²) in [4.78, 5) is 5.55. The Morgan fingerprint density at radius 2 is 2.27 bits per heavy atom. The Morgan fingerprint density at radius 1 is 1.53 bits per heavy atom. The van der Waals surface area contributed by atoms with Crippen molar-refractivity contribution >= 4 is 11.3 Å². The number of thiazole rings is 1. The minimum absolute atomic E-state index is 0.439. The third-order valence-electron chi connectivity index (χ3n) is 1.93. The molecule has 0 saturated carbocycles. The molecule has 0 aromatic carbocycles. The van der Waals surface area contributed by atoms with Crippen LogP contribution in [-0.2, 0) is 24.2 Å². The van der Waals surface area contributed by atoms with Gasteiger partial charge in [0.1, 0.15) is 0 Å². The molecule has 1 heterocycles. The van der Waals surface area contributed by atoms with Crippen molar-refractivity contribution in [2.75, 3.05) is 7.11 Å². The minimum atomic E-state index is 0.439. The molecule has 0 atom stereocenters. The van der Waals surface area contributed by atoms with E-state index in [9.17, 15) is 0 Å². The fraction of sp³-hybridized carbons (Fsp3) is 0.636. The number of hydrogen-bond acceptors (Lipinski definition) is 4. The third-order valence-corrected chi connectivity index (χ3v) is 3.05. The summed E-state index contributed by atoms with van der Waals surface area (Å²) in [5, 5.41) is 9.80. The maximum atomic E-state index is 8.69. The van der Waals surface area contributed by atoms with E-state index in [1.807, 2.05) is 0 Å². The number of methoxy groups -OCH3 is 1. The van der Waals surface area contributed by atoms with Crippen molar-refractivity contribution in [2.24, 2.45) is 5.92 Å². The van der Waals surface area contributed by atoms with Crippen LogP contribution in [-0.4, -0.2) is 12.1 Å². The van der Waals surface area contributed by atoms with E-state index in [4.69, 9.17) is 10.00 Å². The molecule has 82 valence electrons. The summed E-state index contributed by atoms with van der Waals surface area (Å²) >= 11 is 1.64. The first-order valence-electron chi connectivity index (χ1n) is 5.00. The first-order chi connectivity index (χ1) is 7.17. The zero-order valence-corrected chi connectivity index (χ0v) is 10.2. The van der Waals surface area contributed by atoms with Crippen molar-refractivity contribution in [3.05, 3.63) is 15.6 Å². The van der Waals surface area contributed by atoms with Gasteiger partial charge in [0.25, 0.3) is 0 Å². The van der Waals surface area contributed by atoms with Gasteiger partial charge in [0.05, 0.1) is 29.8 Å². The van der Waals surface area contributed by atoms with Crippen molar-refractivity contribution in [3.63, 3.8) is 0 Å². The molecule has 0 saturated heterocycles. The molecule has 1 rings (SSSR count). The molecular weight excluding hydrogens is 208 g/mol. The fourth-order valence-electron chi connectivity index (χ4n) is 1.33. The van der Waals surface area contributed by atoms with Gasteiger partial charge in [-0.2, -0.15) is 5.26 Å². The van der Waals surface area contributed by atoms with Crippen LogP contribution in [0.5, 0.6) is 0 Å². The summed E-state index contributed by atoms with van der Waals surface area (Å²) in [5.41, 5.74) is 0.930. The number of nitrogens with zero attached hydrogens (tertiary/aromatic N) is 2. The highest BCUT2D eigenvalue weighted by atomic mass is 32.1. The summed E-state index contributed by atoms with van der Waals surface area (Å²) in [5.74, 6) is 0.599. The van der Waals surface area contributed by atoms with Crippen LogP contribution in [0.3, 0.4) is 0 Å². The third kappa shape index (κ3) is 3.61. The second-order valence-corrected chi connectivity index (χ2v) is 5.01. The maximum Gasteiger partial charge on any atom is 0.0935 e. The van der Waals surface area contributed by atoms with Crippen LogP contribution in [0.2, 0.25) is 0 Å². The molecule has 0 aliphatic rings. The van der Waals surface area contributed by atoms with E-state index in [1.54, 1.807) is 18.4 Å². The summed E-state index contributed by atoms with van der Waals surface area (Å²) < 4.78 is 5.07. The highest BCUT2D eigenvalue weighted by molar-refractivity contribution is 7.11. The van der Waals surface area contributed by atoms with Crippen LogP contribution in [0.1, 0.15) is 29.4 Å². The van der Waals surface area contributed by atoms with Crippen molar-refractivity contribution < 1.29 is 4.74 Å². The highest BCUT2D eigenvalue weighted by Crippen LogP contribution is 2.22. The number of nitriles is 1. The number of ether oxygens (including phenoxy) is 1. The van der Waals surface area contributed by atoms with Crippen molar-refractivity contribution in [1.29, 1.82) is 5.26 Å². The SMILES string of the molecule is COCc1nc(CC(C)C)sc1CC#N. The Morgan fingerprint density at radius 3 is 2.80 bits per heavy atom. The van der Waals surface area contributed by atoms with Crippen LogP contribution in [0.25, 0.3) is 0 Å². The molecule has 0 N–H and O–H groups in total. The van der Waals surface area contributed by atoms with Gasteiger partial charge in [-0.1, -0.05) is 13.8 Å². The lowest BCUT2D eigenvalue weighted by Crippen LogP contribution is -1.95. The fourth-order valence-corrected chi connectivity index (χ4v) is 2.55. The summed E-state index contributed by atoms with van der Waals surface area (Å²) in [6.07, 6.45) is 1.42. The van der Waals surface area contributed by atoms with Gasteiger partial charge < -0.3 is 4.74 Å². The van der Waals surface area contributed by atoms with E-state index >= 15 is 0 Å². The highest BCUT2D eigenvalue weighted by Gasteiger charge is 2.11. The molecule has 1 aromatic heterocycles. The van der Waals surface area contributed by atoms with Crippen LogP contribution < -0.4 is 0 Å². The van der Waals surface area contributed by atoms with E-state index in [2.05, 4.69) is 24.9 Å². The quantitative estimate of drug-likeness (QED) is 0.772. The molecule has 4 heteroatoms. The Kier molecular flexibility index (Phi) is 4.73. The van der Waals surface area contributed by atoms with Crippen LogP contribution >= 0.6 is 11.3 Å². The van der Waals surface area contributed by atoms with Crippen molar-refractivity contribution in [2.45, 2.75) is 33.3 Å².